The van der Waals surface area contributed by atoms with Gasteiger partial charge >= 0.3 is 0 Å². The number of likely N-dealkylation sites (tertiary alicyclic amines) is 1. The van der Waals surface area contributed by atoms with Crippen molar-refractivity contribution < 1.29 is 9.32 Å². The number of hydrogen-bond donors (Lipinski definition) is 0. The predicted octanol–water partition coefficient (Wildman–Crippen LogP) is 2.23. The molecular formula is C11H15BrN2O2. The summed E-state index contributed by atoms with van der Waals surface area (Å²) in [5.74, 6) is 0.770. The van der Waals surface area contributed by atoms with Gasteiger partial charge < -0.3 is 9.42 Å². The molecule has 2 heterocycles. The monoisotopic (exact) mass is 286 g/mol. The van der Waals surface area contributed by atoms with E-state index in [1.807, 2.05) is 11.8 Å². The summed E-state index contributed by atoms with van der Waals surface area (Å²) in [7, 11) is 0. The lowest BCUT2D eigenvalue weighted by Crippen LogP contribution is -2.43. The first-order valence-electron chi connectivity index (χ1n) is 5.44. The Balaban J connectivity index is 2.06. The second kappa shape index (κ2) is 4.57. The smallest absolute Gasteiger partial charge is 0.292 e. The van der Waals surface area contributed by atoms with Gasteiger partial charge in [0.25, 0.3) is 5.91 Å². The Morgan fingerprint density at radius 2 is 2.44 bits per heavy atom. The van der Waals surface area contributed by atoms with Crippen molar-refractivity contribution in [1.29, 1.82) is 0 Å². The summed E-state index contributed by atoms with van der Waals surface area (Å²) in [4.78, 5) is 14.4. The topological polar surface area (TPSA) is 46.3 Å². The van der Waals surface area contributed by atoms with Gasteiger partial charge in [0.2, 0.25) is 5.76 Å². The van der Waals surface area contributed by atoms with Crippen molar-refractivity contribution in [2.75, 3.05) is 13.1 Å². The van der Waals surface area contributed by atoms with Gasteiger partial charge in [-0.1, -0.05) is 28.0 Å². The number of carbonyl (C=O) groups excluding carboxylic acids is 1. The Bertz CT molecular complexity index is 391. The molecule has 2 atom stereocenters. The maximum atomic E-state index is 12.0. The first-order valence-corrected chi connectivity index (χ1v) is 6.36. The molecule has 1 saturated heterocycles. The minimum Gasteiger partial charge on any atom is -0.351 e. The van der Waals surface area contributed by atoms with Crippen LogP contribution in [-0.4, -0.2) is 33.9 Å². The molecule has 1 aromatic heterocycles. The molecule has 0 saturated carbocycles. The van der Waals surface area contributed by atoms with Crippen LogP contribution < -0.4 is 0 Å². The maximum Gasteiger partial charge on any atom is 0.292 e. The van der Waals surface area contributed by atoms with Gasteiger partial charge in [0.1, 0.15) is 0 Å². The number of carbonyl (C=O) groups is 1. The SMILES string of the molecule is Cc1cc(C(=O)N2CCC(Br)C(C)C2)on1. The number of aryl methyl sites for hydroxylation is 1. The third kappa shape index (κ3) is 2.29. The van der Waals surface area contributed by atoms with Crippen molar-refractivity contribution in [3.8, 4) is 0 Å². The first kappa shape index (κ1) is 11.6. The van der Waals surface area contributed by atoms with Gasteiger partial charge in [0.15, 0.2) is 0 Å². The Morgan fingerprint density at radius 1 is 1.69 bits per heavy atom. The van der Waals surface area contributed by atoms with Crippen LogP contribution in [0, 0.1) is 12.8 Å². The largest absolute Gasteiger partial charge is 0.351 e. The molecule has 1 aliphatic rings. The molecule has 0 spiro atoms. The average Bonchev–Trinajstić information content (AvgIpc) is 2.68. The van der Waals surface area contributed by atoms with E-state index in [2.05, 4.69) is 28.0 Å². The number of aromatic nitrogens is 1. The van der Waals surface area contributed by atoms with E-state index >= 15 is 0 Å². The van der Waals surface area contributed by atoms with Crippen molar-refractivity contribution in [2.45, 2.75) is 25.1 Å². The van der Waals surface area contributed by atoms with Crippen LogP contribution in [-0.2, 0) is 0 Å². The molecule has 88 valence electrons. The lowest BCUT2D eigenvalue weighted by atomic mass is 10.00. The number of amides is 1. The van der Waals surface area contributed by atoms with Crippen LogP contribution in [0.5, 0.6) is 0 Å². The van der Waals surface area contributed by atoms with Gasteiger partial charge in [-0.3, -0.25) is 4.79 Å². The highest BCUT2D eigenvalue weighted by Gasteiger charge is 2.29. The molecular weight excluding hydrogens is 272 g/mol. The molecule has 4 nitrogen and oxygen atoms in total. The number of rotatable bonds is 1. The molecule has 0 aliphatic carbocycles. The number of nitrogens with zero attached hydrogens (tertiary/aromatic N) is 2. The molecule has 2 rings (SSSR count). The van der Waals surface area contributed by atoms with Crippen molar-refractivity contribution in [3.63, 3.8) is 0 Å². The minimum atomic E-state index is -0.0492. The van der Waals surface area contributed by atoms with E-state index in [4.69, 9.17) is 4.52 Å². The van der Waals surface area contributed by atoms with Gasteiger partial charge in [-0.15, -0.1) is 0 Å². The number of halogens is 1. The lowest BCUT2D eigenvalue weighted by molar-refractivity contribution is 0.0648. The minimum absolute atomic E-state index is 0.0492. The summed E-state index contributed by atoms with van der Waals surface area (Å²) in [6.45, 7) is 5.51. The van der Waals surface area contributed by atoms with Crippen LogP contribution in [0.1, 0.15) is 29.6 Å². The zero-order valence-electron chi connectivity index (χ0n) is 9.44. The summed E-state index contributed by atoms with van der Waals surface area (Å²) in [5.41, 5.74) is 0.742. The highest BCUT2D eigenvalue weighted by atomic mass is 79.9. The van der Waals surface area contributed by atoms with Gasteiger partial charge in [-0.2, -0.15) is 0 Å². The fourth-order valence-corrected chi connectivity index (χ4v) is 2.29. The van der Waals surface area contributed by atoms with Gasteiger partial charge in [0.05, 0.1) is 5.69 Å². The van der Waals surface area contributed by atoms with Crippen LogP contribution in [0.2, 0.25) is 0 Å². The molecule has 1 fully saturated rings. The van der Waals surface area contributed by atoms with Gasteiger partial charge in [0, 0.05) is 24.0 Å². The molecule has 0 radical (unpaired) electrons. The molecule has 1 aliphatic heterocycles. The van der Waals surface area contributed by atoms with E-state index in [1.165, 1.54) is 0 Å². The number of hydrogen-bond acceptors (Lipinski definition) is 3. The van der Waals surface area contributed by atoms with Crippen molar-refractivity contribution >= 4 is 21.8 Å². The molecule has 1 aromatic rings. The van der Waals surface area contributed by atoms with E-state index in [9.17, 15) is 4.79 Å². The first-order chi connectivity index (χ1) is 7.58. The Hall–Kier alpha value is -0.840. The van der Waals surface area contributed by atoms with Crippen LogP contribution in [0.15, 0.2) is 10.6 Å². The van der Waals surface area contributed by atoms with Gasteiger partial charge in [-0.05, 0) is 19.3 Å². The van der Waals surface area contributed by atoms with E-state index < -0.39 is 0 Å². The standard InChI is InChI=1S/C11H15BrN2O2/c1-7-6-14(4-3-9(7)12)11(15)10-5-8(2)13-16-10/h5,7,9H,3-4,6H2,1-2H3. The highest BCUT2D eigenvalue weighted by molar-refractivity contribution is 9.09. The summed E-state index contributed by atoms with van der Waals surface area (Å²) in [5, 5.41) is 3.73. The van der Waals surface area contributed by atoms with Crippen LogP contribution in [0.3, 0.4) is 0 Å². The second-order valence-corrected chi connectivity index (χ2v) is 5.54. The normalized spacial score (nSPS) is 25.8. The zero-order valence-corrected chi connectivity index (χ0v) is 11.0. The summed E-state index contributed by atoms with van der Waals surface area (Å²) >= 11 is 3.62. The summed E-state index contributed by atoms with van der Waals surface area (Å²) < 4.78 is 4.99. The average molecular weight is 287 g/mol. The second-order valence-electron chi connectivity index (χ2n) is 4.37. The Labute approximate surface area is 103 Å². The third-order valence-corrected chi connectivity index (χ3v) is 4.29. The third-order valence-electron chi connectivity index (χ3n) is 2.93. The Morgan fingerprint density at radius 3 is 3.00 bits per heavy atom. The zero-order chi connectivity index (χ0) is 11.7. The fourth-order valence-electron chi connectivity index (χ4n) is 1.92. The van der Waals surface area contributed by atoms with E-state index in [1.54, 1.807) is 6.07 Å². The van der Waals surface area contributed by atoms with E-state index in [0.29, 0.717) is 16.5 Å². The van der Waals surface area contributed by atoms with Crippen LogP contribution in [0.4, 0.5) is 0 Å². The molecule has 5 heteroatoms. The molecule has 1 amide bonds. The number of piperidine rings is 1. The van der Waals surface area contributed by atoms with Crippen molar-refractivity contribution in [2.24, 2.45) is 5.92 Å². The molecule has 0 bridgehead atoms. The summed E-state index contributed by atoms with van der Waals surface area (Å²) in [6, 6.07) is 1.69. The predicted molar refractivity (Wildman–Crippen MR) is 63.6 cm³/mol. The fraction of sp³-hybridized carbons (Fsp3) is 0.636. The van der Waals surface area contributed by atoms with E-state index in [0.717, 1.165) is 25.2 Å². The Kier molecular flexibility index (Phi) is 3.33. The molecule has 0 aromatic carbocycles. The summed E-state index contributed by atoms with van der Waals surface area (Å²) in [6.07, 6.45) is 0.986. The quantitative estimate of drug-likeness (QED) is 0.744. The number of alkyl halides is 1. The maximum absolute atomic E-state index is 12.0. The molecule has 0 N–H and O–H groups in total. The molecule has 2 unspecified atom stereocenters. The molecule has 16 heavy (non-hydrogen) atoms. The highest BCUT2D eigenvalue weighted by Crippen LogP contribution is 2.24. The van der Waals surface area contributed by atoms with Crippen molar-refractivity contribution in [3.05, 3.63) is 17.5 Å². The van der Waals surface area contributed by atoms with Crippen LogP contribution >= 0.6 is 15.9 Å². The lowest BCUT2D eigenvalue weighted by Gasteiger charge is -2.33. The van der Waals surface area contributed by atoms with E-state index in [-0.39, 0.29) is 5.91 Å². The van der Waals surface area contributed by atoms with Crippen LogP contribution in [0.25, 0.3) is 0 Å². The van der Waals surface area contributed by atoms with Gasteiger partial charge in [-0.25, -0.2) is 0 Å². The van der Waals surface area contributed by atoms with Crippen molar-refractivity contribution in [1.82, 2.24) is 10.1 Å².